The Morgan fingerprint density at radius 3 is 1.72 bits per heavy atom. The minimum absolute atomic E-state index is 0.0404. The Labute approximate surface area is 556 Å². The fourth-order valence-electron chi connectivity index (χ4n) is 11.6. The van der Waals surface area contributed by atoms with Gasteiger partial charge in [0.25, 0.3) is 76.6 Å². The van der Waals surface area contributed by atoms with E-state index in [0.717, 1.165) is 12.1 Å². The molecule has 3 amide bonds. The number of anilines is 3. The van der Waals surface area contributed by atoms with Crippen molar-refractivity contribution in [1.29, 1.82) is 0 Å². The number of pyridine rings is 1. The molecule has 1 unspecified atom stereocenters. The third kappa shape index (κ3) is 17.5. The summed E-state index contributed by atoms with van der Waals surface area (Å²) < 4.78 is 234. The third-order valence-corrected chi connectivity index (χ3v) is 23.1. The molecule has 11 N–H and O–H groups in total. The predicted molar refractivity (Wildman–Crippen MR) is 352 cm³/mol. The van der Waals surface area contributed by atoms with Crippen molar-refractivity contribution in [2.75, 3.05) is 52.8 Å². The van der Waals surface area contributed by atoms with Crippen molar-refractivity contribution in [2.24, 2.45) is 5.14 Å². The zero-order valence-electron chi connectivity index (χ0n) is 51.1. The van der Waals surface area contributed by atoms with E-state index in [2.05, 4.69) is 31.1 Å². The standard InChI is InChI=1S/C56H65N9O23S8/c1-55(2)46(64(24-8-26-90(69,70)71)42-17-14-37-39(50(42)55)28-35(93(77,78)79)30-44(37)95(83,84)85)19-12-33(41-16-11-34(32-60-41)52(68)59-22-7-5-6-10-48(66)58-23-21-49(67)61-53-62-63-54(89-53)92(57,75)76)13-20-47-56(3,4)51-40-29-36(94(80,81)82)31-45(96(86,87)88)38(40)15-18-43(51)65(47)25-9-27-91(72,73)74/h11-20,28-32,46H,5-10,21-27H2,1-4H3,(H,58,66)(H,59,68)(H2,57,75,76)(H,61,62,67)(H,69,70,71)(H,72,73,74)(H,77,78,79)(H,80,81,82)(H,83,84,85)(H,86,87,88)/b19-12+,33-13?,47-20?. The van der Waals surface area contributed by atoms with Crippen molar-refractivity contribution in [1.82, 2.24) is 25.8 Å². The van der Waals surface area contributed by atoms with E-state index in [-0.39, 0.29) is 118 Å². The highest BCUT2D eigenvalue weighted by molar-refractivity contribution is 7.91. The molecule has 0 aliphatic carbocycles. The molecule has 0 bridgehead atoms. The summed E-state index contributed by atoms with van der Waals surface area (Å²) in [4.78, 5) is 42.8. The lowest BCUT2D eigenvalue weighted by molar-refractivity contribution is -0.121. The predicted octanol–water partition coefficient (Wildman–Crippen LogP) is 4.65. The summed E-state index contributed by atoms with van der Waals surface area (Å²) in [5, 5.41) is 19.2. The summed E-state index contributed by atoms with van der Waals surface area (Å²) in [6.07, 6.45) is 8.41. The molecule has 8 rings (SSSR count). The minimum Gasteiger partial charge on any atom is -0.364 e. The molecule has 4 aromatic carbocycles. The van der Waals surface area contributed by atoms with Crippen LogP contribution in [0.15, 0.2) is 121 Å². The first-order valence-electron chi connectivity index (χ1n) is 28.6. The van der Waals surface area contributed by atoms with Crippen molar-refractivity contribution in [2.45, 2.75) is 113 Å². The largest absolute Gasteiger partial charge is 0.364 e. The highest BCUT2D eigenvalue weighted by Crippen LogP contribution is 2.53. The van der Waals surface area contributed by atoms with Crippen LogP contribution in [0.2, 0.25) is 0 Å². The summed E-state index contributed by atoms with van der Waals surface area (Å²) >= 11 is 0.555. The Kier molecular flexibility index (Phi) is 21.7. The molecule has 520 valence electrons. The van der Waals surface area contributed by atoms with E-state index in [1.807, 2.05) is 0 Å². The molecular weight excluding hydrogens is 1420 g/mol. The van der Waals surface area contributed by atoms with Gasteiger partial charge >= 0.3 is 0 Å². The number of sulfonamides is 1. The molecule has 2 aliphatic heterocycles. The molecule has 6 aromatic rings. The first-order valence-corrected chi connectivity index (χ1v) is 40.0. The first kappa shape index (κ1) is 74.5. The molecule has 2 aliphatic rings. The first-order chi connectivity index (χ1) is 44.3. The summed E-state index contributed by atoms with van der Waals surface area (Å²) in [7, 11) is -33.9. The van der Waals surface area contributed by atoms with Gasteiger partial charge < -0.3 is 25.8 Å². The number of aromatic nitrogens is 3. The van der Waals surface area contributed by atoms with Gasteiger partial charge in [0.2, 0.25) is 21.3 Å². The normalized spacial score (nSPS) is 16.6. The third-order valence-electron chi connectivity index (χ3n) is 15.8. The van der Waals surface area contributed by atoms with Crippen molar-refractivity contribution in [3.8, 4) is 0 Å². The zero-order valence-corrected chi connectivity index (χ0v) is 57.7. The number of carbonyl (C=O) groups excluding carboxylic acids is 3. The van der Waals surface area contributed by atoms with Crippen LogP contribution in [0.4, 0.5) is 16.5 Å². The van der Waals surface area contributed by atoms with E-state index in [4.69, 9.17) is 5.14 Å². The molecule has 1 atom stereocenters. The number of allylic oxidation sites excluding steroid dienone is 5. The second-order valence-corrected chi connectivity index (χ2v) is 34.8. The van der Waals surface area contributed by atoms with Crippen molar-refractivity contribution in [3.05, 3.63) is 119 Å². The zero-order chi connectivity index (χ0) is 71.1. The van der Waals surface area contributed by atoms with Crippen LogP contribution in [0.3, 0.4) is 0 Å². The van der Waals surface area contributed by atoms with Gasteiger partial charge in [-0.3, -0.25) is 46.7 Å². The number of primary sulfonamides is 1. The van der Waals surface area contributed by atoms with Gasteiger partial charge in [-0.15, -0.1) is 10.2 Å². The van der Waals surface area contributed by atoms with Crippen LogP contribution in [0.5, 0.6) is 0 Å². The van der Waals surface area contributed by atoms with Crippen LogP contribution in [0.1, 0.15) is 99.8 Å². The number of rotatable bonds is 28. The van der Waals surface area contributed by atoms with Gasteiger partial charge in [0.05, 0.1) is 38.6 Å². The maximum Gasteiger partial charge on any atom is 0.295 e. The average molecular weight is 1490 g/mol. The second kappa shape index (κ2) is 27.9. The summed E-state index contributed by atoms with van der Waals surface area (Å²) in [6.45, 7) is 6.51. The Hall–Kier alpha value is -7.29. The number of hydrogen-bond acceptors (Lipinski definition) is 23. The number of hydrogen-bond donors (Lipinski definition) is 10. The minimum atomic E-state index is -5.18. The Bertz CT molecular complexity index is 5080. The Morgan fingerprint density at radius 1 is 0.615 bits per heavy atom. The summed E-state index contributed by atoms with van der Waals surface area (Å²) in [6, 6.07) is 10.6. The molecule has 96 heavy (non-hydrogen) atoms. The number of nitrogens with one attached hydrogen (secondary N) is 3. The molecule has 0 radical (unpaired) electrons. The number of amides is 3. The highest BCUT2D eigenvalue weighted by Gasteiger charge is 2.46. The van der Waals surface area contributed by atoms with Crippen molar-refractivity contribution < 1.29 is 101 Å². The molecule has 0 spiro atoms. The van der Waals surface area contributed by atoms with Gasteiger partial charge in [-0.2, -0.15) is 50.5 Å². The van der Waals surface area contributed by atoms with E-state index < -0.39 is 135 Å². The number of nitrogens with two attached hydrogens (primary N) is 1. The molecule has 0 saturated heterocycles. The van der Waals surface area contributed by atoms with E-state index in [9.17, 15) is 101 Å². The lowest BCUT2D eigenvalue weighted by atomic mass is 9.78. The molecule has 2 aromatic heterocycles. The number of nitrogens with zero attached hydrogens (tertiary/aromatic N) is 5. The topological polar surface area (TPSA) is 519 Å². The molecule has 0 fully saturated rings. The number of benzene rings is 4. The maximum absolute atomic E-state index is 13.6. The second-order valence-electron chi connectivity index (χ2n) is 23.4. The highest BCUT2D eigenvalue weighted by atomic mass is 32.3. The van der Waals surface area contributed by atoms with Crippen LogP contribution < -0.4 is 30.9 Å². The van der Waals surface area contributed by atoms with Crippen LogP contribution in [0, 0.1) is 0 Å². The smallest absolute Gasteiger partial charge is 0.295 e. The van der Waals surface area contributed by atoms with E-state index in [1.165, 1.54) is 42.6 Å². The van der Waals surface area contributed by atoms with Gasteiger partial charge in [-0.1, -0.05) is 75.8 Å². The Balaban J connectivity index is 1.15. The van der Waals surface area contributed by atoms with Crippen LogP contribution in [0.25, 0.3) is 27.1 Å². The number of fused-ring (bicyclic) bond motifs is 6. The van der Waals surface area contributed by atoms with Gasteiger partial charge in [-0.05, 0) is 108 Å². The fourth-order valence-corrected chi connectivity index (χ4v) is 16.7. The van der Waals surface area contributed by atoms with Gasteiger partial charge in [0, 0.05) is 83.9 Å². The monoisotopic (exact) mass is 1490 g/mol. The van der Waals surface area contributed by atoms with Gasteiger partial charge in [0.15, 0.2) is 0 Å². The van der Waals surface area contributed by atoms with E-state index in [0.29, 0.717) is 54.1 Å². The van der Waals surface area contributed by atoms with Gasteiger partial charge in [-0.25, -0.2) is 13.6 Å². The molecular formula is C56H65N9O23S8. The lowest BCUT2D eigenvalue weighted by Gasteiger charge is -2.32. The molecule has 4 heterocycles. The average Bonchev–Trinajstić information content (AvgIpc) is 1.53. The van der Waals surface area contributed by atoms with E-state index >= 15 is 0 Å². The SMILES string of the molecule is CC1(C)C(=CC=C(/C=C/C2N(CCCS(=O)(=O)O)c3ccc4c(S(=O)(=O)O)cc(S(=O)(=O)O)cc4c3C2(C)C)c2ccc(C(=O)NCCCCCC(=O)NCCC(=O)Nc3nnc(S(N)(=O)=O)s3)cn2)N(CCCS(=O)(=O)O)c2ccc3c(S(=O)(=O)O)cc(S(=O)(=O)O)cc3c21. The van der Waals surface area contributed by atoms with Crippen molar-refractivity contribution >= 4 is 143 Å². The quantitative estimate of drug-likeness (QED) is 0.0138. The van der Waals surface area contributed by atoms with Crippen LogP contribution >= 0.6 is 11.3 Å². The fraction of sp³-hybridized carbons (Fsp3) is 0.357. The van der Waals surface area contributed by atoms with Crippen molar-refractivity contribution in [3.63, 3.8) is 0 Å². The summed E-state index contributed by atoms with van der Waals surface area (Å²) in [5.74, 6) is -2.95. The van der Waals surface area contributed by atoms with Crippen LogP contribution in [-0.2, 0) is 91.2 Å². The Morgan fingerprint density at radius 2 is 1.19 bits per heavy atom. The lowest BCUT2D eigenvalue weighted by Crippen LogP contribution is -2.41. The maximum atomic E-state index is 13.6. The van der Waals surface area contributed by atoms with Gasteiger partial charge in [0.1, 0.15) is 9.79 Å². The number of carbonyl (C=O) groups is 3. The molecule has 40 heteroatoms. The molecule has 32 nitrogen and oxygen atoms in total. The molecule has 0 saturated carbocycles. The number of unbranched alkanes of at least 4 members (excludes halogenated alkanes) is 2. The van der Waals surface area contributed by atoms with E-state index in [1.54, 1.807) is 61.8 Å². The van der Waals surface area contributed by atoms with Crippen LogP contribution in [-0.4, -0.2) is 163 Å². The summed E-state index contributed by atoms with van der Waals surface area (Å²) in [5.41, 5.74) is -0.738.